The Kier molecular flexibility index (Phi) is 38.5. The van der Waals surface area contributed by atoms with Crippen LogP contribution in [0.25, 0.3) is 0 Å². The van der Waals surface area contributed by atoms with Crippen molar-refractivity contribution in [1.29, 1.82) is 0 Å². The molecule has 0 bridgehead atoms. The van der Waals surface area contributed by atoms with Crippen molar-refractivity contribution < 1.29 is 64.6 Å². The van der Waals surface area contributed by atoms with Gasteiger partial charge in [-0.05, 0) is 83.5 Å². The molecule has 71 heavy (non-hydrogen) atoms. The van der Waals surface area contributed by atoms with E-state index in [1.165, 1.54) is 64.2 Å². The molecule has 2 aliphatic heterocycles. The number of hydrogen-bond donors (Lipinski definition) is 9. The number of amides is 1. The summed E-state index contributed by atoms with van der Waals surface area (Å²) in [5, 5.41) is 86.9. The smallest absolute Gasteiger partial charge is 0.220 e. The van der Waals surface area contributed by atoms with Crippen molar-refractivity contribution in [2.75, 3.05) is 19.8 Å². The number of carbonyl (C=O) groups excluding carboxylic acids is 1. The summed E-state index contributed by atoms with van der Waals surface area (Å²) < 4.78 is 22.7. The molecule has 0 spiro atoms. The molecule has 2 heterocycles. The molecule has 2 fully saturated rings. The summed E-state index contributed by atoms with van der Waals surface area (Å²) in [5.74, 6) is -0.281. The minimum atomic E-state index is -1.80. The van der Waals surface area contributed by atoms with Crippen LogP contribution in [-0.4, -0.2) is 140 Å². The van der Waals surface area contributed by atoms with Crippen LogP contribution >= 0.6 is 0 Å². The van der Waals surface area contributed by atoms with Gasteiger partial charge >= 0.3 is 0 Å². The van der Waals surface area contributed by atoms with Crippen LogP contribution in [0.1, 0.15) is 174 Å². The van der Waals surface area contributed by atoms with Gasteiger partial charge in [0.05, 0.1) is 32.0 Å². The molecule has 0 aromatic rings. The van der Waals surface area contributed by atoms with Crippen LogP contribution in [0.15, 0.2) is 85.1 Å². The number of rotatable bonds is 41. The lowest BCUT2D eigenvalue weighted by Gasteiger charge is -2.46. The van der Waals surface area contributed by atoms with Gasteiger partial charge < -0.3 is 65.1 Å². The van der Waals surface area contributed by atoms with E-state index in [0.717, 1.165) is 77.0 Å². The average molecular weight is 1000 g/mol. The van der Waals surface area contributed by atoms with Crippen molar-refractivity contribution in [1.82, 2.24) is 5.32 Å². The second kappa shape index (κ2) is 42.5. The maximum Gasteiger partial charge on any atom is 0.220 e. The molecular weight excluding hydrogens is 907 g/mol. The zero-order chi connectivity index (χ0) is 51.7. The minimum Gasteiger partial charge on any atom is -0.394 e. The first-order chi connectivity index (χ1) is 34.6. The second-order valence-electron chi connectivity index (χ2n) is 19.0. The van der Waals surface area contributed by atoms with E-state index in [4.69, 9.17) is 18.9 Å². The van der Waals surface area contributed by atoms with Gasteiger partial charge in [-0.15, -0.1) is 0 Å². The van der Waals surface area contributed by atoms with Crippen LogP contribution < -0.4 is 5.32 Å². The highest BCUT2D eigenvalue weighted by Gasteiger charge is 2.51. The first kappa shape index (κ1) is 64.3. The molecule has 0 radical (unpaired) electrons. The lowest BCUT2D eigenvalue weighted by molar-refractivity contribution is -0.359. The largest absolute Gasteiger partial charge is 0.394 e. The van der Waals surface area contributed by atoms with Crippen LogP contribution in [0.4, 0.5) is 0 Å². The fourth-order valence-corrected chi connectivity index (χ4v) is 8.37. The van der Waals surface area contributed by atoms with Gasteiger partial charge in [0.2, 0.25) is 5.91 Å². The molecule has 408 valence electrons. The molecule has 1 amide bonds. The Hall–Kier alpha value is -2.83. The fraction of sp³-hybridized carbons (Fsp3) is 0.737. The van der Waals surface area contributed by atoms with Crippen LogP contribution in [0.5, 0.6) is 0 Å². The van der Waals surface area contributed by atoms with Gasteiger partial charge in [0.1, 0.15) is 48.8 Å². The molecule has 0 saturated carbocycles. The first-order valence-corrected chi connectivity index (χ1v) is 27.3. The molecule has 0 aliphatic carbocycles. The van der Waals surface area contributed by atoms with Gasteiger partial charge in [-0.1, -0.05) is 170 Å². The Bertz CT molecular complexity index is 1510. The van der Waals surface area contributed by atoms with Gasteiger partial charge in [0.15, 0.2) is 12.6 Å². The number of allylic oxidation sites excluding steroid dienone is 13. The highest BCUT2D eigenvalue weighted by Crippen LogP contribution is 2.30. The topological polar surface area (TPSA) is 228 Å². The molecular formula is C57H97NO13. The molecule has 0 aromatic heterocycles. The SMILES string of the molecule is CC/C=C\C/C=C\C/C=C\C/C=C\CCCCCCC(=O)NC(COC1OC(CO)C(OC2OC(CO)C(O)C(O)C2O)C(O)C1O)C(O)/C=C/CC/C=C/CC/C=C/CCCCCCCCCCCC. The molecule has 9 N–H and O–H groups in total. The monoisotopic (exact) mass is 1000 g/mol. The number of hydrogen-bond acceptors (Lipinski definition) is 13. The fourth-order valence-electron chi connectivity index (χ4n) is 8.37. The van der Waals surface area contributed by atoms with E-state index in [-0.39, 0.29) is 18.9 Å². The molecule has 2 saturated heterocycles. The third-order valence-electron chi connectivity index (χ3n) is 12.8. The van der Waals surface area contributed by atoms with Crippen molar-refractivity contribution in [3.8, 4) is 0 Å². The molecule has 14 nitrogen and oxygen atoms in total. The summed E-state index contributed by atoms with van der Waals surface area (Å²) >= 11 is 0. The third kappa shape index (κ3) is 29.0. The van der Waals surface area contributed by atoms with Crippen molar-refractivity contribution in [3.05, 3.63) is 85.1 Å². The molecule has 2 aliphatic rings. The molecule has 12 unspecified atom stereocenters. The van der Waals surface area contributed by atoms with Gasteiger partial charge in [0, 0.05) is 6.42 Å². The van der Waals surface area contributed by atoms with E-state index >= 15 is 0 Å². The number of aliphatic hydroxyl groups is 8. The summed E-state index contributed by atoms with van der Waals surface area (Å²) in [6.07, 6.45) is 39.0. The quantitative estimate of drug-likeness (QED) is 0.0208. The number of nitrogens with one attached hydrogen (secondary N) is 1. The summed E-state index contributed by atoms with van der Waals surface area (Å²) in [5.41, 5.74) is 0. The Morgan fingerprint density at radius 3 is 1.55 bits per heavy atom. The van der Waals surface area contributed by atoms with Gasteiger partial charge in [-0.3, -0.25) is 4.79 Å². The van der Waals surface area contributed by atoms with Crippen LogP contribution in [-0.2, 0) is 23.7 Å². The Balaban J connectivity index is 1.86. The predicted molar refractivity (Wildman–Crippen MR) is 281 cm³/mol. The Morgan fingerprint density at radius 1 is 0.521 bits per heavy atom. The van der Waals surface area contributed by atoms with Gasteiger partial charge in [-0.2, -0.15) is 0 Å². The normalized spacial score (nSPS) is 26.5. The maximum atomic E-state index is 13.2. The van der Waals surface area contributed by atoms with E-state index < -0.39 is 86.8 Å². The minimum absolute atomic E-state index is 0.237. The lowest BCUT2D eigenvalue weighted by Crippen LogP contribution is -2.65. The van der Waals surface area contributed by atoms with E-state index in [2.05, 4.69) is 92.1 Å². The summed E-state index contributed by atoms with van der Waals surface area (Å²) in [7, 11) is 0. The Morgan fingerprint density at radius 2 is 0.986 bits per heavy atom. The standard InChI is InChI=1S/C57H97NO13/c1-3-5-7-9-11-13-15-17-19-21-22-23-25-26-28-30-32-34-36-38-40-46(61)45(58-49(62)41-39-37-35-33-31-29-27-24-20-18-16-14-12-10-8-6-4-2)44-68-56-54(67)52(65)55(48(43-60)70-56)71-57-53(66)51(64)50(63)47(42-59)69-57/h6,8,12,14,18,20,23,25,27,29-30,32,38,40,45-48,50-57,59-61,63-67H,3-5,7,9-11,13,15-17,19,21-22,24,26,28,31,33-37,39,41-44H2,1-2H3,(H,58,62)/b8-6-,14-12-,20-18-,25-23+,29-27-,32-30+,40-38+. The van der Waals surface area contributed by atoms with E-state index in [0.29, 0.717) is 12.8 Å². The van der Waals surface area contributed by atoms with E-state index in [1.54, 1.807) is 6.08 Å². The summed E-state index contributed by atoms with van der Waals surface area (Å²) in [6.45, 7) is 2.62. The van der Waals surface area contributed by atoms with Crippen molar-refractivity contribution in [2.24, 2.45) is 0 Å². The number of carbonyl (C=O) groups is 1. The summed E-state index contributed by atoms with van der Waals surface area (Å²) in [6, 6.07) is -0.955. The zero-order valence-corrected chi connectivity index (χ0v) is 43.4. The second-order valence-corrected chi connectivity index (χ2v) is 19.0. The van der Waals surface area contributed by atoms with Crippen LogP contribution in [0, 0.1) is 0 Å². The van der Waals surface area contributed by atoms with Crippen molar-refractivity contribution in [2.45, 2.75) is 248 Å². The highest BCUT2D eigenvalue weighted by atomic mass is 16.7. The predicted octanol–water partition coefficient (Wildman–Crippen LogP) is 8.16. The zero-order valence-electron chi connectivity index (χ0n) is 43.4. The Labute approximate surface area is 427 Å². The number of unbranched alkanes of at least 4 members (excludes halogenated alkanes) is 16. The van der Waals surface area contributed by atoms with Crippen molar-refractivity contribution in [3.63, 3.8) is 0 Å². The van der Waals surface area contributed by atoms with E-state index in [9.17, 15) is 45.6 Å². The molecule has 0 aromatic carbocycles. The summed E-state index contributed by atoms with van der Waals surface area (Å²) in [4.78, 5) is 13.2. The molecule has 14 heteroatoms. The third-order valence-corrected chi connectivity index (χ3v) is 12.8. The number of ether oxygens (including phenoxy) is 4. The average Bonchev–Trinajstić information content (AvgIpc) is 3.37. The molecule has 2 rings (SSSR count). The van der Waals surface area contributed by atoms with Crippen LogP contribution in [0.3, 0.4) is 0 Å². The van der Waals surface area contributed by atoms with Gasteiger partial charge in [0.25, 0.3) is 0 Å². The first-order valence-electron chi connectivity index (χ1n) is 27.3. The molecule has 12 atom stereocenters. The van der Waals surface area contributed by atoms with E-state index in [1.807, 2.05) is 6.08 Å². The number of aliphatic hydroxyl groups excluding tert-OH is 8. The van der Waals surface area contributed by atoms with Gasteiger partial charge in [-0.25, -0.2) is 0 Å². The lowest BCUT2D eigenvalue weighted by atomic mass is 9.97. The van der Waals surface area contributed by atoms with Crippen LogP contribution in [0.2, 0.25) is 0 Å². The maximum absolute atomic E-state index is 13.2. The van der Waals surface area contributed by atoms with Crippen molar-refractivity contribution >= 4 is 5.91 Å². The highest BCUT2D eigenvalue weighted by molar-refractivity contribution is 5.76.